The maximum Gasteiger partial charge on any atom is 0.171 e. The highest BCUT2D eigenvalue weighted by molar-refractivity contribution is 14.1. The number of Topliss-reactive ketones (excluding diaryl/α,β-unsaturated/α-hetero) is 1. The second-order valence-corrected chi connectivity index (χ2v) is 8.39. The number of allylic oxidation sites excluding steroid dienone is 2. The Kier molecular flexibility index (Phi) is 4.65. The molecule has 136 valence electrons. The van der Waals surface area contributed by atoms with Gasteiger partial charge in [0.05, 0.1) is 27.5 Å². The van der Waals surface area contributed by atoms with Crippen molar-refractivity contribution >= 4 is 28.4 Å². The number of nitriles is 1. The van der Waals surface area contributed by atoms with Crippen molar-refractivity contribution in [1.29, 1.82) is 5.26 Å². The van der Waals surface area contributed by atoms with Crippen LogP contribution in [0.4, 0.5) is 0 Å². The van der Waals surface area contributed by atoms with Crippen LogP contribution in [0.3, 0.4) is 0 Å². The highest BCUT2D eigenvalue weighted by Crippen LogP contribution is 2.47. The zero-order chi connectivity index (χ0) is 19.2. The molecule has 0 fully saturated rings. The first-order valence-electron chi connectivity index (χ1n) is 8.08. The molecule has 0 bridgehead atoms. The van der Waals surface area contributed by atoms with E-state index >= 15 is 0 Å². The van der Waals surface area contributed by atoms with Crippen LogP contribution < -0.4 is 10.5 Å². The van der Waals surface area contributed by atoms with Crippen molar-refractivity contribution < 1.29 is 19.4 Å². The van der Waals surface area contributed by atoms with E-state index in [1.54, 1.807) is 12.1 Å². The van der Waals surface area contributed by atoms with Crippen molar-refractivity contribution in [3.8, 4) is 17.6 Å². The van der Waals surface area contributed by atoms with Gasteiger partial charge in [-0.2, -0.15) is 5.26 Å². The molecule has 0 saturated carbocycles. The van der Waals surface area contributed by atoms with Crippen molar-refractivity contribution in [2.24, 2.45) is 11.1 Å². The summed E-state index contributed by atoms with van der Waals surface area (Å²) in [5.74, 6) is 0.732. The number of nitrogens with zero attached hydrogens (tertiary/aromatic N) is 1. The third kappa shape index (κ3) is 3.03. The molecule has 0 aromatic heterocycles. The lowest BCUT2D eigenvalue weighted by Gasteiger charge is -2.37. The normalized spacial score (nSPS) is 21.8. The molecule has 0 saturated heterocycles. The van der Waals surface area contributed by atoms with Gasteiger partial charge in [-0.1, -0.05) is 13.8 Å². The number of methoxy groups -OCH3 is 1. The van der Waals surface area contributed by atoms with Crippen LogP contribution in [-0.4, -0.2) is 18.0 Å². The second-order valence-electron chi connectivity index (χ2n) is 7.23. The molecule has 2 aliphatic rings. The van der Waals surface area contributed by atoms with Crippen molar-refractivity contribution in [3.05, 3.63) is 43.9 Å². The monoisotopic (exact) mass is 466 g/mol. The second kappa shape index (κ2) is 6.50. The quantitative estimate of drug-likeness (QED) is 0.647. The highest BCUT2D eigenvalue weighted by Gasteiger charge is 2.41. The Balaban J connectivity index is 2.14. The lowest BCUT2D eigenvalue weighted by molar-refractivity contribution is -0.118. The minimum absolute atomic E-state index is 0.0250. The molecule has 26 heavy (non-hydrogen) atoms. The van der Waals surface area contributed by atoms with E-state index < -0.39 is 6.10 Å². The highest BCUT2D eigenvalue weighted by atomic mass is 127. The average molecular weight is 466 g/mol. The number of aromatic hydroxyl groups is 1. The van der Waals surface area contributed by atoms with Crippen LogP contribution >= 0.6 is 22.6 Å². The van der Waals surface area contributed by atoms with Crippen LogP contribution in [0.1, 0.15) is 38.4 Å². The number of rotatable bonds is 2. The van der Waals surface area contributed by atoms with Crippen LogP contribution in [-0.2, 0) is 9.53 Å². The smallest absolute Gasteiger partial charge is 0.171 e. The van der Waals surface area contributed by atoms with E-state index in [-0.39, 0.29) is 34.0 Å². The molecule has 0 amide bonds. The summed E-state index contributed by atoms with van der Waals surface area (Å²) in [7, 11) is 1.45. The van der Waals surface area contributed by atoms with Crippen LogP contribution in [0.25, 0.3) is 0 Å². The molecule has 0 unspecified atom stereocenters. The van der Waals surface area contributed by atoms with Gasteiger partial charge in [0.1, 0.15) is 11.8 Å². The lowest BCUT2D eigenvalue weighted by Crippen LogP contribution is -2.33. The van der Waals surface area contributed by atoms with Gasteiger partial charge >= 0.3 is 0 Å². The maximum atomic E-state index is 12.5. The minimum Gasteiger partial charge on any atom is -0.504 e. The van der Waals surface area contributed by atoms with E-state index in [1.165, 1.54) is 7.11 Å². The average Bonchev–Trinajstić information content (AvgIpc) is 2.55. The predicted octanol–water partition coefficient (Wildman–Crippen LogP) is 3.46. The third-order valence-corrected chi connectivity index (χ3v) is 5.43. The zero-order valence-corrected chi connectivity index (χ0v) is 16.9. The van der Waals surface area contributed by atoms with Gasteiger partial charge in [-0.3, -0.25) is 4.79 Å². The summed E-state index contributed by atoms with van der Waals surface area (Å²) in [5.41, 5.74) is 7.31. The molecule has 1 aromatic carbocycles. The number of carbonyl (C=O) groups is 1. The number of phenolic OH excluding ortho intramolecular Hbond substituents is 1. The molecule has 1 aliphatic carbocycles. The number of ketones is 1. The van der Waals surface area contributed by atoms with Gasteiger partial charge in [0.25, 0.3) is 0 Å². The van der Waals surface area contributed by atoms with Crippen LogP contribution in [0, 0.1) is 20.3 Å². The Hall–Kier alpha value is -2.21. The summed E-state index contributed by atoms with van der Waals surface area (Å²) in [4.78, 5) is 12.5. The summed E-state index contributed by atoms with van der Waals surface area (Å²) >= 11 is 1.98. The summed E-state index contributed by atoms with van der Waals surface area (Å²) in [6.07, 6.45) is 0.184. The largest absolute Gasteiger partial charge is 0.504 e. The maximum absolute atomic E-state index is 12.5. The molecule has 0 radical (unpaired) electrons. The van der Waals surface area contributed by atoms with Crippen molar-refractivity contribution in [1.82, 2.24) is 0 Å². The van der Waals surface area contributed by atoms with E-state index in [9.17, 15) is 15.2 Å². The number of ether oxygens (including phenoxy) is 2. The summed E-state index contributed by atoms with van der Waals surface area (Å²) in [6.45, 7) is 4.00. The van der Waals surface area contributed by atoms with Crippen LogP contribution in [0.2, 0.25) is 0 Å². The van der Waals surface area contributed by atoms with E-state index in [1.807, 2.05) is 36.4 Å². The molecule has 3 N–H and O–H groups in total. The van der Waals surface area contributed by atoms with Gasteiger partial charge in [0.15, 0.2) is 23.4 Å². The van der Waals surface area contributed by atoms with E-state index in [2.05, 4.69) is 6.07 Å². The summed E-state index contributed by atoms with van der Waals surface area (Å²) < 4.78 is 11.9. The first-order chi connectivity index (χ1) is 12.2. The van der Waals surface area contributed by atoms with Gasteiger partial charge in [0.2, 0.25) is 0 Å². The number of benzene rings is 1. The SMILES string of the molecule is COc1cc([C@H]2OC3=C(C(=O)CC(C)(C)C3)C(N)=C2C#N)cc(I)c1O. The molecule has 1 aromatic rings. The molecule has 7 heteroatoms. The van der Waals surface area contributed by atoms with Gasteiger partial charge < -0.3 is 20.3 Å². The molecule has 1 aliphatic heterocycles. The molecule has 6 nitrogen and oxygen atoms in total. The lowest BCUT2D eigenvalue weighted by atomic mass is 9.74. The van der Waals surface area contributed by atoms with Crippen molar-refractivity contribution in [3.63, 3.8) is 0 Å². The molecule has 1 heterocycles. The Morgan fingerprint density at radius 3 is 2.73 bits per heavy atom. The first kappa shape index (κ1) is 18.6. The Morgan fingerprint density at radius 2 is 2.12 bits per heavy atom. The van der Waals surface area contributed by atoms with Crippen molar-refractivity contribution in [2.45, 2.75) is 32.8 Å². The molecular weight excluding hydrogens is 447 g/mol. The Bertz CT molecular complexity index is 909. The number of hydrogen-bond acceptors (Lipinski definition) is 6. The Labute approximate surface area is 165 Å². The topological polar surface area (TPSA) is 106 Å². The fraction of sp³-hybridized carbons (Fsp3) is 0.368. The summed E-state index contributed by atoms with van der Waals surface area (Å²) in [6, 6.07) is 5.42. The van der Waals surface area contributed by atoms with E-state index in [4.69, 9.17) is 15.2 Å². The standard InChI is InChI=1S/C19H19IN2O4/c1-19(2)6-12(23)15-14(7-19)26-18(10(8-21)16(15)22)9-4-11(20)17(24)13(5-9)25-3/h4-5,18,24H,6-7,22H2,1-3H3/t18-/m1/s1. The number of carbonyl (C=O) groups excluding carboxylic acids is 1. The van der Waals surface area contributed by atoms with Gasteiger partial charge in [-0.05, 0) is 40.1 Å². The van der Waals surface area contributed by atoms with E-state index in [0.717, 1.165) is 0 Å². The van der Waals surface area contributed by atoms with Crippen LogP contribution in [0.15, 0.2) is 34.7 Å². The Morgan fingerprint density at radius 1 is 1.42 bits per heavy atom. The van der Waals surface area contributed by atoms with Gasteiger partial charge in [0, 0.05) is 18.4 Å². The first-order valence-corrected chi connectivity index (χ1v) is 9.16. The molecule has 1 atom stereocenters. The number of hydrogen-bond donors (Lipinski definition) is 2. The van der Waals surface area contributed by atoms with Crippen molar-refractivity contribution in [2.75, 3.05) is 7.11 Å². The summed E-state index contributed by atoms with van der Waals surface area (Å²) in [5, 5.41) is 19.7. The molecular formula is C19H19IN2O4. The van der Waals surface area contributed by atoms with Crippen LogP contribution in [0.5, 0.6) is 11.5 Å². The minimum atomic E-state index is -0.747. The van der Waals surface area contributed by atoms with Gasteiger partial charge in [-0.25, -0.2) is 0 Å². The van der Waals surface area contributed by atoms with E-state index in [0.29, 0.717) is 33.3 Å². The zero-order valence-electron chi connectivity index (χ0n) is 14.7. The third-order valence-electron chi connectivity index (χ3n) is 4.61. The molecule has 3 rings (SSSR count). The fourth-order valence-electron chi connectivity index (χ4n) is 3.40. The van der Waals surface area contributed by atoms with Gasteiger partial charge in [-0.15, -0.1) is 0 Å². The number of phenols is 1. The number of halogens is 1. The number of nitrogens with two attached hydrogens (primary N) is 1. The fourth-order valence-corrected chi connectivity index (χ4v) is 4.02. The predicted molar refractivity (Wildman–Crippen MR) is 103 cm³/mol. The molecule has 0 spiro atoms.